The fourth-order valence-electron chi connectivity index (χ4n) is 2.85. The van der Waals surface area contributed by atoms with Gasteiger partial charge in [-0.15, -0.1) is 11.3 Å². The van der Waals surface area contributed by atoms with Crippen molar-refractivity contribution in [2.24, 2.45) is 5.92 Å². The lowest BCUT2D eigenvalue weighted by Gasteiger charge is -2.32. The van der Waals surface area contributed by atoms with Gasteiger partial charge >= 0.3 is 0 Å². The Bertz CT molecular complexity index is 658. The highest BCUT2D eigenvalue weighted by atomic mass is 35.5. The van der Waals surface area contributed by atoms with E-state index in [-0.39, 0.29) is 10.6 Å². The molecule has 0 aliphatic carbocycles. The molecule has 5 nitrogen and oxygen atoms in total. The number of rotatable bonds is 5. The Morgan fingerprint density at radius 3 is 3.27 bits per heavy atom. The first-order valence-electron chi connectivity index (χ1n) is 7.44. The summed E-state index contributed by atoms with van der Waals surface area (Å²) >= 11 is 7.79. The average molecular weight is 339 g/mol. The maximum Gasteiger partial charge on any atom is 0.285 e. The molecule has 0 saturated carbocycles. The van der Waals surface area contributed by atoms with E-state index in [1.165, 1.54) is 17.7 Å². The number of nitrogens with one attached hydrogen (secondary N) is 2. The van der Waals surface area contributed by atoms with Gasteiger partial charge in [0.15, 0.2) is 0 Å². The molecule has 3 heterocycles. The standard InChI is InChI=1S/C15H19ClN4OS/c16-14-13(8-18-19-15(14)21)17-7-11-3-1-5-20(9-11)10-12-4-2-6-22-12/h2,4,6,8,11H,1,3,5,7,9-10H2,(H2,17,19,21)/t11-/m0/s1. The third-order valence-corrected chi connectivity index (χ3v) is 5.18. The van der Waals surface area contributed by atoms with E-state index in [9.17, 15) is 4.79 Å². The number of thiophene rings is 1. The van der Waals surface area contributed by atoms with Gasteiger partial charge in [0.2, 0.25) is 0 Å². The normalized spacial score (nSPS) is 19.2. The molecule has 7 heteroatoms. The van der Waals surface area contributed by atoms with Gasteiger partial charge in [-0.2, -0.15) is 5.10 Å². The number of anilines is 1. The van der Waals surface area contributed by atoms with Crippen molar-refractivity contribution >= 4 is 28.6 Å². The molecule has 1 aliphatic rings. The number of halogens is 1. The number of nitrogens with zero attached hydrogens (tertiary/aromatic N) is 2. The fourth-order valence-corrected chi connectivity index (χ4v) is 3.75. The van der Waals surface area contributed by atoms with Crippen LogP contribution >= 0.6 is 22.9 Å². The van der Waals surface area contributed by atoms with Gasteiger partial charge in [0, 0.05) is 24.5 Å². The first-order valence-corrected chi connectivity index (χ1v) is 8.70. The van der Waals surface area contributed by atoms with Crippen LogP contribution in [0.25, 0.3) is 0 Å². The summed E-state index contributed by atoms with van der Waals surface area (Å²) in [6.45, 7) is 4.06. The van der Waals surface area contributed by atoms with Crippen molar-refractivity contribution < 1.29 is 0 Å². The Morgan fingerprint density at radius 2 is 2.45 bits per heavy atom. The molecule has 22 heavy (non-hydrogen) atoms. The molecule has 1 aliphatic heterocycles. The molecule has 2 aromatic rings. The maximum atomic E-state index is 11.4. The second-order valence-corrected chi connectivity index (χ2v) is 7.04. The largest absolute Gasteiger partial charge is 0.382 e. The Hall–Kier alpha value is -1.37. The van der Waals surface area contributed by atoms with Crippen LogP contribution in [-0.4, -0.2) is 34.7 Å². The highest BCUT2D eigenvalue weighted by Gasteiger charge is 2.20. The molecule has 1 atom stereocenters. The molecule has 2 N–H and O–H groups in total. The van der Waals surface area contributed by atoms with Crippen LogP contribution in [0.1, 0.15) is 17.7 Å². The summed E-state index contributed by atoms with van der Waals surface area (Å²) in [5, 5.41) is 11.7. The van der Waals surface area contributed by atoms with Gasteiger partial charge in [0.05, 0.1) is 11.9 Å². The summed E-state index contributed by atoms with van der Waals surface area (Å²) in [4.78, 5) is 15.3. The SMILES string of the molecule is O=c1[nH]ncc(NC[C@@H]2CCCN(Cc3cccs3)C2)c1Cl. The van der Waals surface area contributed by atoms with E-state index in [2.05, 4.69) is 37.9 Å². The number of piperidine rings is 1. The smallest absolute Gasteiger partial charge is 0.285 e. The highest BCUT2D eigenvalue weighted by molar-refractivity contribution is 7.09. The van der Waals surface area contributed by atoms with Crippen LogP contribution in [-0.2, 0) is 6.54 Å². The van der Waals surface area contributed by atoms with Crippen LogP contribution < -0.4 is 10.9 Å². The van der Waals surface area contributed by atoms with Crippen molar-refractivity contribution in [3.05, 3.63) is 44.0 Å². The van der Waals surface area contributed by atoms with Crippen molar-refractivity contribution in [1.82, 2.24) is 15.1 Å². The van der Waals surface area contributed by atoms with Gasteiger partial charge in [0.25, 0.3) is 5.56 Å². The van der Waals surface area contributed by atoms with Crippen molar-refractivity contribution in [1.29, 1.82) is 0 Å². The molecule has 0 aromatic carbocycles. The zero-order valence-electron chi connectivity index (χ0n) is 12.2. The van der Waals surface area contributed by atoms with E-state index in [0.29, 0.717) is 11.6 Å². The van der Waals surface area contributed by atoms with Gasteiger partial charge in [-0.05, 0) is 36.8 Å². The molecule has 3 rings (SSSR count). The number of H-pyrrole nitrogens is 1. The first kappa shape index (κ1) is 15.5. The summed E-state index contributed by atoms with van der Waals surface area (Å²) in [6.07, 6.45) is 3.97. The van der Waals surface area contributed by atoms with Crippen LogP contribution in [0.15, 0.2) is 28.5 Å². The van der Waals surface area contributed by atoms with E-state index >= 15 is 0 Å². The number of hydrogen-bond donors (Lipinski definition) is 2. The van der Waals surface area contributed by atoms with E-state index in [4.69, 9.17) is 11.6 Å². The summed E-state index contributed by atoms with van der Waals surface area (Å²) in [5.74, 6) is 0.559. The number of likely N-dealkylation sites (tertiary alicyclic amines) is 1. The van der Waals surface area contributed by atoms with Crippen molar-refractivity contribution in [3.8, 4) is 0 Å². The highest BCUT2D eigenvalue weighted by Crippen LogP contribution is 2.22. The summed E-state index contributed by atoms with van der Waals surface area (Å²) in [7, 11) is 0. The summed E-state index contributed by atoms with van der Waals surface area (Å²) in [5.41, 5.74) is 0.260. The minimum Gasteiger partial charge on any atom is -0.382 e. The van der Waals surface area contributed by atoms with Gasteiger partial charge in [-0.1, -0.05) is 17.7 Å². The van der Waals surface area contributed by atoms with Gasteiger partial charge < -0.3 is 5.32 Å². The van der Waals surface area contributed by atoms with Crippen LogP contribution in [0.3, 0.4) is 0 Å². The summed E-state index contributed by atoms with van der Waals surface area (Å²) in [6, 6.07) is 4.29. The lowest BCUT2D eigenvalue weighted by molar-refractivity contribution is 0.174. The van der Waals surface area contributed by atoms with E-state index in [0.717, 1.165) is 26.2 Å². The molecule has 0 unspecified atom stereocenters. The number of aromatic amines is 1. The first-order chi connectivity index (χ1) is 10.7. The predicted octanol–water partition coefficient (Wildman–Crippen LogP) is 2.81. The van der Waals surface area contributed by atoms with Crippen LogP contribution in [0.5, 0.6) is 0 Å². The van der Waals surface area contributed by atoms with Crippen molar-refractivity contribution in [2.75, 3.05) is 25.0 Å². The molecule has 1 saturated heterocycles. The Balaban J connectivity index is 1.54. The lowest BCUT2D eigenvalue weighted by Crippen LogP contribution is -2.37. The van der Waals surface area contributed by atoms with Crippen LogP contribution in [0, 0.1) is 5.92 Å². The second-order valence-electron chi connectivity index (χ2n) is 5.63. The Kier molecular flexibility index (Phi) is 5.12. The minimum absolute atomic E-state index is 0.182. The molecular weight excluding hydrogens is 320 g/mol. The van der Waals surface area contributed by atoms with E-state index < -0.39 is 0 Å². The van der Waals surface area contributed by atoms with E-state index in [1.807, 2.05) is 11.3 Å². The predicted molar refractivity (Wildman–Crippen MR) is 90.7 cm³/mol. The third kappa shape index (κ3) is 3.88. The average Bonchev–Trinajstić information content (AvgIpc) is 3.02. The van der Waals surface area contributed by atoms with Gasteiger partial charge in [-0.3, -0.25) is 9.69 Å². The van der Waals surface area contributed by atoms with E-state index in [1.54, 1.807) is 6.20 Å². The van der Waals surface area contributed by atoms with Crippen molar-refractivity contribution in [2.45, 2.75) is 19.4 Å². The quantitative estimate of drug-likeness (QED) is 0.880. The molecule has 0 radical (unpaired) electrons. The van der Waals surface area contributed by atoms with Gasteiger partial charge in [-0.25, -0.2) is 5.10 Å². The fraction of sp³-hybridized carbons (Fsp3) is 0.467. The molecule has 0 amide bonds. The molecule has 0 spiro atoms. The third-order valence-electron chi connectivity index (χ3n) is 3.94. The Morgan fingerprint density at radius 1 is 1.55 bits per heavy atom. The maximum absolute atomic E-state index is 11.4. The molecular formula is C15H19ClN4OS. The molecule has 2 aromatic heterocycles. The summed E-state index contributed by atoms with van der Waals surface area (Å²) < 4.78 is 0. The molecule has 1 fully saturated rings. The lowest BCUT2D eigenvalue weighted by atomic mass is 9.98. The number of aromatic nitrogens is 2. The minimum atomic E-state index is -0.352. The topological polar surface area (TPSA) is 61.0 Å². The molecule has 0 bridgehead atoms. The zero-order chi connectivity index (χ0) is 15.4. The van der Waals surface area contributed by atoms with Gasteiger partial charge in [0.1, 0.15) is 5.02 Å². The second kappa shape index (κ2) is 7.26. The number of hydrogen-bond acceptors (Lipinski definition) is 5. The zero-order valence-corrected chi connectivity index (χ0v) is 13.8. The van der Waals surface area contributed by atoms with Crippen LogP contribution in [0.4, 0.5) is 5.69 Å². The van der Waals surface area contributed by atoms with Crippen LogP contribution in [0.2, 0.25) is 5.02 Å². The van der Waals surface area contributed by atoms with Crippen molar-refractivity contribution in [3.63, 3.8) is 0 Å². The monoisotopic (exact) mass is 338 g/mol. The Labute approximate surface area is 138 Å². The molecule has 118 valence electrons.